The van der Waals surface area contributed by atoms with E-state index in [1.807, 2.05) is 11.8 Å². The minimum absolute atomic E-state index is 0.00410. The first kappa shape index (κ1) is 16.5. The molecular formula is C14H18ClN3O4. The van der Waals surface area contributed by atoms with Crippen molar-refractivity contribution in [3.63, 3.8) is 0 Å². The molecule has 1 aliphatic heterocycles. The Balaban J connectivity index is 2.08. The highest BCUT2D eigenvalue weighted by Crippen LogP contribution is 2.34. The number of nitro groups is 1. The number of benzene rings is 1. The number of anilines is 1. The Kier molecular flexibility index (Phi) is 5.20. The number of carbonyl (C=O) groups excluding carboxylic acids is 1. The third-order valence-electron chi connectivity index (χ3n) is 3.72. The minimum atomic E-state index is -0.447. The fourth-order valence-electron chi connectivity index (χ4n) is 2.60. The lowest BCUT2D eigenvalue weighted by atomic mass is 10.1. The zero-order chi connectivity index (χ0) is 16.3. The molecule has 0 radical (unpaired) electrons. The summed E-state index contributed by atoms with van der Waals surface area (Å²) in [4.78, 5) is 25.8. The highest BCUT2D eigenvalue weighted by atomic mass is 35.5. The first-order valence-corrected chi connectivity index (χ1v) is 7.29. The van der Waals surface area contributed by atoms with Crippen LogP contribution in [0.25, 0.3) is 0 Å². The highest BCUT2D eigenvalue weighted by Gasteiger charge is 2.23. The fraction of sp³-hybridized carbons (Fsp3) is 0.500. The van der Waals surface area contributed by atoms with Crippen LogP contribution in [0.5, 0.6) is 0 Å². The lowest BCUT2D eigenvalue weighted by molar-refractivity contribution is -0.384. The summed E-state index contributed by atoms with van der Waals surface area (Å²) in [5.41, 5.74) is 1.60. The molecule has 0 saturated carbocycles. The van der Waals surface area contributed by atoms with Crippen molar-refractivity contribution in [3.05, 3.63) is 32.8 Å². The highest BCUT2D eigenvalue weighted by molar-refractivity contribution is 6.33. The van der Waals surface area contributed by atoms with Crippen LogP contribution in [0.3, 0.4) is 0 Å². The molecule has 2 rings (SSSR count). The quantitative estimate of drug-likeness (QED) is 0.477. The number of nitro benzene ring substituents is 1. The molecule has 0 spiro atoms. The number of non-ortho nitro benzene ring substituents is 1. The van der Waals surface area contributed by atoms with E-state index in [2.05, 4.69) is 9.64 Å². The van der Waals surface area contributed by atoms with E-state index in [0.29, 0.717) is 31.2 Å². The van der Waals surface area contributed by atoms with Crippen LogP contribution in [-0.4, -0.2) is 55.6 Å². The number of aryl methyl sites for hydroxylation is 1. The topological polar surface area (TPSA) is 75.9 Å². The van der Waals surface area contributed by atoms with Crippen molar-refractivity contribution in [2.45, 2.75) is 6.92 Å². The Hall–Kier alpha value is -1.86. The molecule has 0 N–H and O–H groups in total. The number of hydrogen-bond donors (Lipinski definition) is 0. The first-order valence-electron chi connectivity index (χ1n) is 6.91. The van der Waals surface area contributed by atoms with Gasteiger partial charge in [-0.05, 0) is 12.5 Å². The summed E-state index contributed by atoms with van der Waals surface area (Å²) in [6, 6.07) is 2.91. The van der Waals surface area contributed by atoms with Crippen molar-refractivity contribution in [1.82, 2.24) is 4.90 Å². The van der Waals surface area contributed by atoms with Gasteiger partial charge in [-0.1, -0.05) is 11.6 Å². The Morgan fingerprint density at radius 2 is 2.00 bits per heavy atom. The lowest BCUT2D eigenvalue weighted by Crippen LogP contribution is -2.48. The van der Waals surface area contributed by atoms with E-state index in [9.17, 15) is 14.9 Å². The first-order chi connectivity index (χ1) is 10.4. The number of halogens is 1. The number of esters is 1. The van der Waals surface area contributed by atoms with Crippen molar-refractivity contribution >= 4 is 28.9 Å². The molecule has 1 aromatic carbocycles. The summed E-state index contributed by atoms with van der Waals surface area (Å²) < 4.78 is 4.66. The van der Waals surface area contributed by atoms with Crippen molar-refractivity contribution in [2.75, 3.05) is 44.7 Å². The number of carbonyl (C=O) groups is 1. The van der Waals surface area contributed by atoms with Gasteiger partial charge in [0, 0.05) is 38.3 Å². The van der Waals surface area contributed by atoms with Crippen molar-refractivity contribution in [3.8, 4) is 0 Å². The average molecular weight is 328 g/mol. The van der Waals surface area contributed by atoms with Crippen LogP contribution >= 0.6 is 11.6 Å². The smallest absolute Gasteiger partial charge is 0.319 e. The molecule has 22 heavy (non-hydrogen) atoms. The van der Waals surface area contributed by atoms with Gasteiger partial charge in [-0.2, -0.15) is 0 Å². The molecule has 0 aromatic heterocycles. The monoisotopic (exact) mass is 327 g/mol. The maximum absolute atomic E-state index is 11.3. The molecule has 0 aliphatic carbocycles. The fourth-order valence-corrected chi connectivity index (χ4v) is 2.98. The molecule has 1 heterocycles. The maximum atomic E-state index is 11.3. The van der Waals surface area contributed by atoms with Gasteiger partial charge in [-0.25, -0.2) is 0 Å². The summed E-state index contributed by atoms with van der Waals surface area (Å²) in [6.07, 6.45) is 0. The molecule has 0 amide bonds. The van der Waals surface area contributed by atoms with Crippen LogP contribution in [0.2, 0.25) is 5.02 Å². The summed E-state index contributed by atoms with van der Waals surface area (Å²) in [7, 11) is 1.37. The minimum Gasteiger partial charge on any atom is -0.468 e. The number of ether oxygens (including phenoxy) is 1. The number of nitrogens with zero attached hydrogens (tertiary/aromatic N) is 3. The normalized spacial score (nSPS) is 15.7. The molecule has 0 unspecified atom stereocenters. The van der Waals surface area contributed by atoms with Crippen molar-refractivity contribution < 1.29 is 14.5 Å². The van der Waals surface area contributed by atoms with E-state index >= 15 is 0 Å². The number of hydrogen-bond acceptors (Lipinski definition) is 6. The molecule has 1 aromatic rings. The standard InChI is InChI=1S/C14H18ClN3O4/c1-10-7-11(18(20)21)8-12(15)14(10)17-5-3-16(4-6-17)9-13(19)22-2/h7-8H,3-6,9H2,1-2H3. The molecule has 8 heteroatoms. The maximum Gasteiger partial charge on any atom is 0.319 e. The van der Waals surface area contributed by atoms with Gasteiger partial charge in [0.1, 0.15) is 0 Å². The van der Waals surface area contributed by atoms with Crippen LogP contribution in [0.1, 0.15) is 5.56 Å². The van der Waals surface area contributed by atoms with Crippen LogP contribution < -0.4 is 4.90 Å². The van der Waals surface area contributed by atoms with E-state index in [4.69, 9.17) is 11.6 Å². The second-order valence-electron chi connectivity index (χ2n) is 5.19. The molecule has 120 valence electrons. The Morgan fingerprint density at radius 3 is 2.50 bits per heavy atom. The third-order valence-corrected chi connectivity index (χ3v) is 4.01. The second kappa shape index (κ2) is 6.93. The van der Waals surface area contributed by atoms with Gasteiger partial charge in [0.05, 0.1) is 29.3 Å². The zero-order valence-electron chi connectivity index (χ0n) is 12.5. The molecular weight excluding hydrogens is 310 g/mol. The second-order valence-corrected chi connectivity index (χ2v) is 5.60. The van der Waals surface area contributed by atoms with E-state index in [-0.39, 0.29) is 18.2 Å². The largest absolute Gasteiger partial charge is 0.468 e. The van der Waals surface area contributed by atoms with Crippen LogP contribution in [-0.2, 0) is 9.53 Å². The molecule has 1 saturated heterocycles. The van der Waals surface area contributed by atoms with Gasteiger partial charge >= 0.3 is 5.97 Å². The zero-order valence-corrected chi connectivity index (χ0v) is 13.3. The van der Waals surface area contributed by atoms with Gasteiger partial charge in [0.25, 0.3) is 5.69 Å². The van der Waals surface area contributed by atoms with Crippen LogP contribution in [0, 0.1) is 17.0 Å². The van der Waals surface area contributed by atoms with Gasteiger partial charge in [-0.3, -0.25) is 19.8 Å². The Morgan fingerprint density at radius 1 is 1.36 bits per heavy atom. The Bertz CT molecular complexity index is 562. The molecule has 0 atom stereocenters. The summed E-state index contributed by atoms with van der Waals surface area (Å²) in [5.74, 6) is -0.252. The Labute approximate surface area is 133 Å². The van der Waals surface area contributed by atoms with Gasteiger partial charge in [-0.15, -0.1) is 0 Å². The van der Waals surface area contributed by atoms with Crippen LogP contribution in [0.15, 0.2) is 12.1 Å². The lowest BCUT2D eigenvalue weighted by Gasteiger charge is -2.36. The summed E-state index contributed by atoms with van der Waals surface area (Å²) >= 11 is 6.22. The SMILES string of the molecule is COC(=O)CN1CCN(c2c(C)cc([N+](=O)[O-])cc2Cl)CC1. The van der Waals surface area contributed by atoms with E-state index < -0.39 is 4.92 Å². The number of piperazine rings is 1. The molecule has 0 bridgehead atoms. The molecule has 7 nitrogen and oxygen atoms in total. The van der Waals surface area contributed by atoms with Crippen molar-refractivity contribution in [1.29, 1.82) is 0 Å². The number of rotatable bonds is 4. The predicted octanol–water partition coefficient (Wildman–Crippen LogP) is 1.85. The summed E-state index contributed by atoms with van der Waals surface area (Å²) in [6.45, 7) is 4.92. The molecule has 1 aliphatic rings. The predicted molar refractivity (Wildman–Crippen MR) is 83.5 cm³/mol. The van der Waals surface area contributed by atoms with E-state index in [1.54, 1.807) is 0 Å². The average Bonchev–Trinajstić information content (AvgIpc) is 2.48. The van der Waals surface area contributed by atoms with Gasteiger partial charge < -0.3 is 9.64 Å². The van der Waals surface area contributed by atoms with Gasteiger partial charge in [0.15, 0.2) is 0 Å². The van der Waals surface area contributed by atoms with E-state index in [0.717, 1.165) is 11.3 Å². The summed E-state index contributed by atoms with van der Waals surface area (Å²) in [5, 5.41) is 11.2. The third kappa shape index (κ3) is 3.66. The van der Waals surface area contributed by atoms with Crippen molar-refractivity contribution in [2.24, 2.45) is 0 Å². The van der Waals surface area contributed by atoms with E-state index in [1.165, 1.54) is 19.2 Å². The van der Waals surface area contributed by atoms with Crippen LogP contribution in [0.4, 0.5) is 11.4 Å². The molecule has 1 fully saturated rings. The van der Waals surface area contributed by atoms with Gasteiger partial charge in [0.2, 0.25) is 0 Å². The number of methoxy groups -OCH3 is 1.